The van der Waals surface area contributed by atoms with Crippen LogP contribution in [0.25, 0.3) is 0 Å². The summed E-state index contributed by atoms with van der Waals surface area (Å²) in [6.07, 6.45) is 0.982. The van der Waals surface area contributed by atoms with Crippen LogP contribution in [0.2, 0.25) is 0 Å². The molecule has 0 atom stereocenters. The molecule has 2 aromatic heterocycles. The molecule has 1 aliphatic rings. The quantitative estimate of drug-likeness (QED) is 0.811. The molecule has 1 N–H and O–H groups in total. The molecule has 0 aliphatic carbocycles. The topological polar surface area (TPSA) is 63.1 Å². The summed E-state index contributed by atoms with van der Waals surface area (Å²) in [7, 11) is 1.72. The molecule has 1 saturated heterocycles. The van der Waals surface area contributed by atoms with Crippen LogP contribution >= 0.6 is 15.9 Å². The van der Waals surface area contributed by atoms with Crippen LogP contribution in [0.3, 0.4) is 0 Å². The Hall–Kier alpha value is -2.10. The van der Waals surface area contributed by atoms with Crippen molar-refractivity contribution in [2.24, 2.45) is 7.05 Å². The van der Waals surface area contributed by atoms with E-state index >= 15 is 0 Å². The lowest BCUT2D eigenvalue weighted by Crippen LogP contribution is -2.45. The molecule has 1 amide bonds. The molecular formula is C16H17BrF3N5O. The number of halogens is 4. The Morgan fingerprint density at radius 2 is 2.00 bits per heavy atom. The average molecular weight is 432 g/mol. The highest BCUT2D eigenvalue weighted by atomic mass is 79.9. The summed E-state index contributed by atoms with van der Waals surface area (Å²) < 4.78 is 41.7. The molecule has 2 aromatic rings. The number of nitrogens with one attached hydrogen (secondary N) is 1. The maximum absolute atomic E-state index is 13.3. The maximum atomic E-state index is 13.3. The van der Waals surface area contributed by atoms with Gasteiger partial charge in [-0.25, -0.2) is 9.97 Å². The predicted octanol–water partition coefficient (Wildman–Crippen LogP) is 3.00. The molecular weight excluding hydrogens is 415 g/mol. The van der Waals surface area contributed by atoms with Gasteiger partial charge in [0, 0.05) is 36.8 Å². The van der Waals surface area contributed by atoms with Crippen LogP contribution in [-0.2, 0) is 13.2 Å². The first-order valence-electron chi connectivity index (χ1n) is 8.00. The predicted molar refractivity (Wildman–Crippen MR) is 92.8 cm³/mol. The van der Waals surface area contributed by atoms with E-state index in [1.54, 1.807) is 16.5 Å². The highest BCUT2D eigenvalue weighted by Gasteiger charge is 2.37. The van der Waals surface area contributed by atoms with Crippen LogP contribution in [0.4, 0.5) is 19.0 Å². The van der Waals surface area contributed by atoms with Crippen LogP contribution in [-0.4, -0.2) is 39.6 Å². The summed E-state index contributed by atoms with van der Waals surface area (Å²) in [5, 5.41) is 2.91. The van der Waals surface area contributed by atoms with Crippen LogP contribution in [0.1, 0.15) is 28.9 Å². The Labute approximate surface area is 156 Å². The van der Waals surface area contributed by atoms with Crippen molar-refractivity contribution < 1.29 is 18.0 Å². The van der Waals surface area contributed by atoms with E-state index in [1.807, 2.05) is 0 Å². The van der Waals surface area contributed by atoms with Crippen molar-refractivity contribution in [2.45, 2.75) is 25.1 Å². The number of pyridine rings is 1. The monoisotopic (exact) mass is 431 g/mol. The molecule has 3 rings (SSSR count). The third kappa shape index (κ3) is 4.00. The highest BCUT2D eigenvalue weighted by molar-refractivity contribution is 9.10. The number of nitrogens with zero attached hydrogens (tertiary/aromatic N) is 4. The number of anilines is 1. The van der Waals surface area contributed by atoms with Gasteiger partial charge in [-0.15, -0.1) is 0 Å². The van der Waals surface area contributed by atoms with E-state index in [1.165, 1.54) is 18.7 Å². The third-order valence-corrected chi connectivity index (χ3v) is 4.75. The average Bonchev–Trinajstić information content (AvgIpc) is 3.01. The Kier molecular flexibility index (Phi) is 5.22. The summed E-state index contributed by atoms with van der Waals surface area (Å²) in [5.41, 5.74) is -0.314. The minimum atomic E-state index is -4.48. The number of carbonyl (C=O) groups is 1. The molecule has 26 heavy (non-hydrogen) atoms. The number of aryl methyl sites for hydroxylation is 1. The van der Waals surface area contributed by atoms with E-state index in [2.05, 4.69) is 31.2 Å². The number of piperidine rings is 1. The maximum Gasteiger partial charge on any atom is 0.419 e. The summed E-state index contributed by atoms with van der Waals surface area (Å²) >= 11 is 3.04. The molecule has 1 fully saturated rings. The van der Waals surface area contributed by atoms with Crippen molar-refractivity contribution in [3.63, 3.8) is 0 Å². The fourth-order valence-electron chi connectivity index (χ4n) is 2.96. The van der Waals surface area contributed by atoms with Crippen molar-refractivity contribution in [2.75, 3.05) is 18.0 Å². The lowest BCUT2D eigenvalue weighted by Gasteiger charge is -2.34. The number of hydrogen-bond donors (Lipinski definition) is 1. The molecule has 3 heterocycles. The standard InChI is InChI=1S/C16H17BrF3N5O/c1-24-9-21-8-13(24)15(26)23-11-2-4-25(5-3-11)14-12(16(18,19)20)6-10(17)7-22-14/h6-9,11H,2-5H2,1H3,(H,23,26). The Balaban J connectivity index is 1.66. The lowest BCUT2D eigenvalue weighted by atomic mass is 10.0. The number of amides is 1. The van der Waals surface area contributed by atoms with Crippen LogP contribution in [0, 0.1) is 0 Å². The first-order valence-corrected chi connectivity index (χ1v) is 8.80. The van der Waals surface area contributed by atoms with E-state index < -0.39 is 11.7 Å². The Morgan fingerprint density at radius 3 is 2.58 bits per heavy atom. The number of carbonyl (C=O) groups excluding carboxylic acids is 1. The molecule has 0 aromatic carbocycles. The second-order valence-electron chi connectivity index (χ2n) is 6.15. The highest BCUT2D eigenvalue weighted by Crippen LogP contribution is 2.37. The molecule has 0 saturated carbocycles. The summed E-state index contributed by atoms with van der Waals surface area (Å²) in [6, 6.07) is 0.942. The fraction of sp³-hybridized carbons (Fsp3) is 0.438. The lowest BCUT2D eigenvalue weighted by molar-refractivity contribution is -0.137. The van der Waals surface area contributed by atoms with E-state index in [0.29, 0.717) is 31.6 Å². The van der Waals surface area contributed by atoms with Crippen LogP contribution in [0.5, 0.6) is 0 Å². The van der Waals surface area contributed by atoms with Gasteiger partial charge in [-0.2, -0.15) is 13.2 Å². The van der Waals surface area contributed by atoms with Crippen molar-refractivity contribution in [1.29, 1.82) is 0 Å². The van der Waals surface area contributed by atoms with Gasteiger partial charge in [0.2, 0.25) is 0 Å². The van der Waals surface area contributed by atoms with Crippen molar-refractivity contribution in [1.82, 2.24) is 19.9 Å². The molecule has 1 aliphatic heterocycles. The molecule has 0 radical (unpaired) electrons. The fourth-order valence-corrected chi connectivity index (χ4v) is 3.29. The van der Waals surface area contributed by atoms with Gasteiger partial charge in [0.05, 0.1) is 18.1 Å². The second-order valence-corrected chi connectivity index (χ2v) is 7.06. The molecule has 10 heteroatoms. The van der Waals surface area contributed by atoms with Gasteiger partial charge in [-0.3, -0.25) is 4.79 Å². The zero-order valence-corrected chi connectivity index (χ0v) is 15.5. The number of alkyl halides is 3. The Morgan fingerprint density at radius 1 is 1.31 bits per heavy atom. The van der Waals surface area contributed by atoms with Gasteiger partial charge in [-0.05, 0) is 34.8 Å². The van der Waals surface area contributed by atoms with Crippen LogP contribution < -0.4 is 10.2 Å². The number of imidazole rings is 1. The normalized spacial score (nSPS) is 16.0. The van der Waals surface area contributed by atoms with Gasteiger partial charge in [0.1, 0.15) is 11.5 Å². The van der Waals surface area contributed by atoms with Gasteiger partial charge >= 0.3 is 6.18 Å². The molecule has 0 bridgehead atoms. The summed E-state index contributed by atoms with van der Waals surface area (Å²) in [6.45, 7) is 0.766. The zero-order chi connectivity index (χ0) is 18.9. The molecule has 0 unspecified atom stereocenters. The van der Waals surface area contributed by atoms with Crippen molar-refractivity contribution in [3.05, 3.63) is 40.5 Å². The largest absolute Gasteiger partial charge is 0.419 e. The number of hydrogen-bond acceptors (Lipinski definition) is 4. The zero-order valence-electron chi connectivity index (χ0n) is 13.9. The van der Waals surface area contributed by atoms with Gasteiger partial charge in [-0.1, -0.05) is 0 Å². The van der Waals surface area contributed by atoms with Gasteiger partial charge in [0.15, 0.2) is 0 Å². The SMILES string of the molecule is Cn1cncc1C(=O)NC1CCN(c2ncc(Br)cc2C(F)(F)F)CC1. The Bertz CT molecular complexity index is 799. The second kappa shape index (κ2) is 7.26. The molecule has 6 nitrogen and oxygen atoms in total. The summed E-state index contributed by atoms with van der Waals surface area (Å²) in [4.78, 5) is 21.7. The minimum Gasteiger partial charge on any atom is -0.356 e. The minimum absolute atomic E-state index is 0.0721. The smallest absolute Gasteiger partial charge is 0.356 e. The third-order valence-electron chi connectivity index (χ3n) is 4.32. The first-order chi connectivity index (χ1) is 12.3. The van der Waals surface area contributed by atoms with E-state index in [4.69, 9.17) is 0 Å². The summed E-state index contributed by atoms with van der Waals surface area (Å²) in [5.74, 6) is -0.307. The number of rotatable bonds is 3. The van der Waals surface area contributed by atoms with Gasteiger partial charge < -0.3 is 14.8 Å². The molecule has 140 valence electrons. The number of aromatic nitrogens is 3. The van der Waals surface area contributed by atoms with E-state index in [-0.39, 0.29) is 22.2 Å². The van der Waals surface area contributed by atoms with Crippen molar-refractivity contribution in [3.8, 4) is 0 Å². The van der Waals surface area contributed by atoms with Gasteiger partial charge in [0.25, 0.3) is 5.91 Å². The first kappa shape index (κ1) is 18.7. The van der Waals surface area contributed by atoms with Crippen LogP contribution in [0.15, 0.2) is 29.3 Å². The molecule has 0 spiro atoms. The van der Waals surface area contributed by atoms with E-state index in [9.17, 15) is 18.0 Å². The van der Waals surface area contributed by atoms with E-state index in [0.717, 1.165) is 6.07 Å². The van der Waals surface area contributed by atoms with Crippen molar-refractivity contribution >= 4 is 27.7 Å².